The summed E-state index contributed by atoms with van der Waals surface area (Å²) in [5.74, 6) is 0.732. The van der Waals surface area contributed by atoms with Crippen LogP contribution < -0.4 is 14.8 Å². The fraction of sp³-hybridized carbons (Fsp3) is 0.375. The molecule has 0 aliphatic carbocycles. The van der Waals surface area contributed by atoms with Crippen molar-refractivity contribution in [2.45, 2.75) is 33.1 Å². The monoisotopic (exact) mass is 424 g/mol. The Hall–Kier alpha value is -3.35. The molecule has 0 aromatic heterocycles. The zero-order chi connectivity index (χ0) is 22.2. The molecule has 2 aromatic carbocycles. The number of hydrogen-bond donors (Lipinski definition) is 1. The summed E-state index contributed by atoms with van der Waals surface area (Å²) in [7, 11) is 0. The van der Waals surface area contributed by atoms with Gasteiger partial charge in [-0.05, 0) is 56.5 Å². The average Bonchev–Trinajstić information content (AvgIpc) is 3.01. The van der Waals surface area contributed by atoms with E-state index in [0.29, 0.717) is 55.2 Å². The molecule has 2 aromatic rings. The largest absolute Gasteiger partial charge is 0.490 e. The van der Waals surface area contributed by atoms with E-state index in [0.717, 1.165) is 5.56 Å². The first-order valence-corrected chi connectivity index (χ1v) is 10.7. The maximum Gasteiger partial charge on any atom is 0.261 e. The molecule has 0 radical (unpaired) electrons. The van der Waals surface area contributed by atoms with E-state index in [1.807, 2.05) is 32.0 Å². The number of amides is 3. The molecule has 0 saturated heterocycles. The fourth-order valence-electron chi connectivity index (χ4n) is 3.53. The molecule has 7 nitrogen and oxygen atoms in total. The van der Waals surface area contributed by atoms with Crippen molar-refractivity contribution in [3.8, 4) is 11.5 Å². The lowest BCUT2D eigenvalue weighted by Gasteiger charge is -2.14. The van der Waals surface area contributed by atoms with Crippen molar-refractivity contribution < 1.29 is 23.9 Å². The van der Waals surface area contributed by atoms with Crippen LogP contribution in [0.25, 0.3) is 0 Å². The van der Waals surface area contributed by atoms with Gasteiger partial charge in [0.05, 0.1) is 24.3 Å². The molecule has 1 N–H and O–H groups in total. The molecule has 1 aliphatic rings. The molecule has 0 saturated carbocycles. The van der Waals surface area contributed by atoms with E-state index in [2.05, 4.69) is 5.32 Å². The highest BCUT2D eigenvalue weighted by Gasteiger charge is 2.34. The molecule has 164 valence electrons. The first-order chi connectivity index (χ1) is 15.0. The molecule has 0 fully saturated rings. The number of ether oxygens (including phenoxy) is 2. The second-order valence-electron chi connectivity index (χ2n) is 7.16. The van der Waals surface area contributed by atoms with Gasteiger partial charge in [-0.1, -0.05) is 18.2 Å². The van der Waals surface area contributed by atoms with Gasteiger partial charge in [-0.2, -0.15) is 0 Å². The molecular weight excluding hydrogens is 396 g/mol. The standard InChI is InChI=1S/C24H28N2O5/c1-3-30-20-12-11-17(16-21(20)31-4-2)13-14-25-22(27)10-7-15-26-23(28)18-8-5-6-9-19(18)24(26)29/h5-6,8-9,11-12,16H,3-4,7,10,13-15H2,1-2H3,(H,25,27). The Morgan fingerprint density at radius 2 is 1.58 bits per heavy atom. The molecule has 3 rings (SSSR count). The summed E-state index contributed by atoms with van der Waals surface area (Å²) in [6.45, 7) is 5.68. The van der Waals surface area contributed by atoms with Crippen LogP contribution in [-0.4, -0.2) is 48.9 Å². The number of benzene rings is 2. The summed E-state index contributed by atoms with van der Waals surface area (Å²) in [5.41, 5.74) is 1.90. The topological polar surface area (TPSA) is 84.9 Å². The van der Waals surface area contributed by atoms with Crippen LogP contribution in [0.4, 0.5) is 0 Å². The Kier molecular flexibility index (Phi) is 7.65. The van der Waals surface area contributed by atoms with E-state index < -0.39 is 0 Å². The Labute approximate surface area is 182 Å². The molecule has 0 bridgehead atoms. The average molecular weight is 424 g/mol. The van der Waals surface area contributed by atoms with E-state index in [9.17, 15) is 14.4 Å². The minimum atomic E-state index is -0.290. The number of rotatable bonds is 11. The SMILES string of the molecule is CCOc1ccc(CCNC(=O)CCCN2C(=O)c3ccccc3C2=O)cc1OCC. The van der Waals surface area contributed by atoms with Gasteiger partial charge in [0, 0.05) is 19.5 Å². The van der Waals surface area contributed by atoms with Crippen LogP contribution in [0.5, 0.6) is 11.5 Å². The molecule has 0 spiro atoms. The number of hydrogen-bond acceptors (Lipinski definition) is 5. The molecule has 3 amide bonds. The second-order valence-corrected chi connectivity index (χ2v) is 7.16. The van der Waals surface area contributed by atoms with Crippen LogP contribution in [0.1, 0.15) is 53.0 Å². The second kappa shape index (κ2) is 10.6. The van der Waals surface area contributed by atoms with Crippen molar-refractivity contribution in [2.75, 3.05) is 26.3 Å². The van der Waals surface area contributed by atoms with Crippen molar-refractivity contribution in [1.82, 2.24) is 10.2 Å². The molecular formula is C24H28N2O5. The number of nitrogens with one attached hydrogen (secondary N) is 1. The first-order valence-electron chi connectivity index (χ1n) is 10.7. The van der Waals surface area contributed by atoms with Gasteiger partial charge in [0.2, 0.25) is 5.91 Å². The highest BCUT2D eigenvalue weighted by molar-refractivity contribution is 6.21. The predicted octanol–water partition coefficient (Wildman–Crippen LogP) is 3.22. The lowest BCUT2D eigenvalue weighted by atomic mass is 10.1. The molecule has 1 aliphatic heterocycles. The number of fused-ring (bicyclic) bond motifs is 1. The van der Waals surface area contributed by atoms with Gasteiger partial charge in [0.25, 0.3) is 11.8 Å². The van der Waals surface area contributed by atoms with Gasteiger partial charge in [-0.15, -0.1) is 0 Å². The highest BCUT2D eigenvalue weighted by atomic mass is 16.5. The lowest BCUT2D eigenvalue weighted by Crippen LogP contribution is -2.32. The Balaban J connectivity index is 1.42. The minimum absolute atomic E-state index is 0.104. The third-order valence-electron chi connectivity index (χ3n) is 5.01. The minimum Gasteiger partial charge on any atom is -0.490 e. The first kappa shape index (κ1) is 22.3. The van der Waals surface area contributed by atoms with Crippen molar-refractivity contribution >= 4 is 17.7 Å². The predicted molar refractivity (Wildman–Crippen MR) is 117 cm³/mol. The highest BCUT2D eigenvalue weighted by Crippen LogP contribution is 2.28. The van der Waals surface area contributed by atoms with Crippen LogP contribution in [0, 0.1) is 0 Å². The van der Waals surface area contributed by atoms with Crippen molar-refractivity contribution in [3.63, 3.8) is 0 Å². The molecule has 0 unspecified atom stereocenters. The van der Waals surface area contributed by atoms with Crippen LogP contribution >= 0.6 is 0 Å². The molecule has 0 atom stereocenters. The number of carbonyl (C=O) groups excluding carboxylic acids is 3. The zero-order valence-electron chi connectivity index (χ0n) is 18.0. The van der Waals surface area contributed by atoms with Gasteiger partial charge in [-0.25, -0.2) is 0 Å². The Morgan fingerprint density at radius 3 is 2.23 bits per heavy atom. The molecule has 1 heterocycles. The normalized spacial score (nSPS) is 12.6. The summed E-state index contributed by atoms with van der Waals surface area (Å²) < 4.78 is 11.2. The van der Waals surface area contributed by atoms with E-state index in [4.69, 9.17) is 9.47 Å². The van der Waals surface area contributed by atoms with Crippen molar-refractivity contribution in [2.24, 2.45) is 0 Å². The maximum atomic E-state index is 12.3. The van der Waals surface area contributed by atoms with Crippen molar-refractivity contribution in [1.29, 1.82) is 0 Å². The summed E-state index contributed by atoms with van der Waals surface area (Å²) in [6, 6.07) is 12.6. The van der Waals surface area contributed by atoms with E-state index in [1.165, 1.54) is 4.90 Å². The smallest absolute Gasteiger partial charge is 0.261 e. The number of imide groups is 1. The Bertz CT molecular complexity index is 922. The van der Waals surface area contributed by atoms with Crippen LogP contribution in [-0.2, 0) is 11.2 Å². The summed E-state index contributed by atoms with van der Waals surface area (Å²) in [6.07, 6.45) is 1.34. The fourth-order valence-corrected chi connectivity index (χ4v) is 3.53. The van der Waals surface area contributed by atoms with Gasteiger partial charge in [0.15, 0.2) is 11.5 Å². The quantitative estimate of drug-likeness (QED) is 0.560. The van der Waals surface area contributed by atoms with E-state index in [-0.39, 0.29) is 30.7 Å². The third kappa shape index (κ3) is 5.42. The molecule has 7 heteroatoms. The van der Waals surface area contributed by atoms with Crippen molar-refractivity contribution in [3.05, 3.63) is 59.2 Å². The van der Waals surface area contributed by atoms with Gasteiger partial charge >= 0.3 is 0 Å². The third-order valence-corrected chi connectivity index (χ3v) is 5.01. The van der Waals surface area contributed by atoms with Crippen LogP contribution in [0.3, 0.4) is 0 Å². The molecule has 31 heavy (non-hydrogen) atoms. The number of nitrogens with zero attached hydrogens (tertiary/aromatic N) is 1. The zero-order valence-corrected chi connectivity index (χ0v) is 18.0. The van der Waals surface area contributed by atoms with E-state index in [1.54, 1.807) is 24.3 Å². The lowest BCUT2D eigenvalue weighted by molar-refractivity contribution is -0.121. The van der Waals surface area contributed by atoms with Crippen LogP contribution in [0.2, 0.25) is 0 Å². The van der Waals surface area contributed by atoms with Gasteiger partial charge < -0.3 is 14.8 Å². The van der Waals surface area contributed by atoms with E-state index >= 15 is 0 Å². The summed E-state index contributed by atoms with van der Waals surface area (Å²) in [4.78, 5) is 38.0. The van der Waals surface area contributed by atoms with Crippen LogP contribution in [0.15, 0.2) is 42.5 Å². The van der Waals surface area contributed by atoms with Gasteiger partial charge in [-0.3, -0.25) is 19.3 Å². The summed E-state index contributed by atoms with van der Waals surface area (Å²) in [5, 5.41) is 2.89. The number of carbonyl (C=O) groups is 3. The summed E-state index contributed by atoms with van der Waals surface area (Å²) >= 11 is 0. The van der Waals surface area contributed by atoms with Gasteiger partial charge in [0.1, 0.15) is 0 Å². The Morgan fingerprint density at radius 1 is 0.935 bits per heavy atom. The maximum absolute atomic E-state index is 12.3.